The molecule has 23 heavy (non-hydrogen) atoms. The van der Waals surface area contributed by atoms with Crippen molar-refractivity contribution >= 4 is 5.91 Å². The molecule has 1 unspecified atom stereocenters. The molecule has 0 spiro atoms. The number of hydrogen-bond acceptors (Lipinski definition) is 4. The third-order valence-corrected chi connectivity index (χ3v) is 3.99. The second-order valence-electron chi connectivity index (χ2n) is 5.84. The standard InChI is InChI=1S/C15H14F3N3O2/c1-14(7-6-11(22)19-8-14)13-20-12(21-23-13)9-2-4-10(5-3-9)15(16,17)18/h2-5H,6-8H2,1H3,(H,19,22). The summed E-state index contributed by atoms with van der Waals surface area (Å²) in [6.45, 7) is 2.29. The lowest BCUT2D eigenvalue weighted by molar-refractivity contribution is -0.137. The van der Waals surface area contributed by atoms with Crippen LogP contribution in [0.3, 0.4) is 0 Å². The third-order valence-electron chi connectivity index (χ3n) is 3.99. The van der Waals surface area contributed by atoms with Crippen molar-refractivity contribution in [3.05, 3.63) is 35.7 Å². The normalized spacial score (nSPS) is 22.0. The van der Waals surface area contributed by atoms with E-state index in [0.717, 1.165) is 12.1 Å². The Hall–Kier alpha value is -2.38. The average molecular weight is 325 g/mol. The molecule has 1 N–H and O–H groups in total. The van der Waals surface area contributed by atoms with Crippen LogP contribution in [0.15, 0.2) is 28.8 Å². The second kappa shape index (κ2) is 5.36. The zero-order valence-corrected chi connectivity index (χ0v) is 12.3. The molecule has 1 aliphatic heterocycles. The number of carbonyl (C=O) groups is 1. The summed E-state index contributed by atoms with van der Waals surface area (Å²) in [4.78, 5) is 15.5. The van der Waals surface area contributed by atoms with Crippen LogP contribution < -0.4 is 5.32 Å². The Balaban J connectivity index is 1.83. The van der Waals surface area contributed by atoms with Gasteiger partial charge in [-0.25, -0.2) is 0 Å². The molecular formula is C15H14F3N3O2. The van der Waals surface area contributed by atoms with Gasteiger partial charge in [0.2, 0.25) is 17.6 Å². The molecule has 3 rings (SSSR count). The first kappa shape index (κ1) is 15.5. The molecular weight excluding hydrogens is 311 g/mol. The molecule has 2 heterocycles. The molecule has 0 radical (unpaired) electrons. The Labute approximate surface area is 129 Å². The summed E-state index contributed by atoms with van der Waals surface area (Å²) in [5.74, 6) is 0.573. The average Bonchev–Trinajstić information content (AvgIpc) is 3.00. The highest BCUT2D eigenvalue weighted by molar-refractivity contribution is 5.77. The highest BCUT2D eigenvalue weighted by atomic mass is 19.4. The summed E-state index contributed by atoms with van der Waals surface area (Å²) in [6.07, 6.45) is -3.43. The minimum atomic E-state index is -4.38. The molecule has 1 fully saturated rings. The van der Waals surface area contributed by atoms with Crippen molar-refractivity contribution in [1.29, 1.82) is 0 Å². The van der Waals surface area contributed by atoms with Gasteiger partial charge in [0.15, 0.2) is 0 Å². The lowest BCUT2D eigenvalue weighted by Crippen LogP contribution is -2.44. The van der Waals surface area contributed by atoms with E-state index >= 15 is 0 Å². The van der Waals surface area contributed by atoms with E-state index in [4.69, 9.17) is 4.52 Å². The van der Waals surface area contributed by atoms with Crippen molar-refractivity contribution in [1.82, 2.24) is 15.5 Å². The van der Waals surface area contributed by atoms with Crippen molar-refractivity contribution in [2.24, 2.45) is 0 Å². The molecule has 0 aliphatic carbocycles. The minimum Gasteiger partial charge on any atom is -0.355 e. The predicted molar refractivity (Wildman–Crippen MR) is 74.3 cm³/mol. The largest absolute Gasteiger partial charge is 0.416 e. The number of nitrogens with one attached hydrogen (secondary N) is 1. The van der Waals surface area contributed by atoms with Crippen molar-refractivity contribution < 1.29 is 22.5 Å². The Morgan fingerprint density at radius 2 is 1.96 bits per heavy atom. The van der Waals surface area contributed by atoms with Crippen LogP contribution in [0, 0.1) is 0 Å². The van der Waals surface area contributed by atoms with Crippen molar-refractivity contribution in [2.45, 2.75) is 31.4 Å². The maximum Gasteiger partial charge on any atom is 0.416 e. The predicted octanol–water partition coefficient (Wildman–Crippen LogP) is 2.92. The molecule has 1 aromatic carbocycles. The molecule has 0 saturated carbocycles. The van der Waals surface area contributed by atoms with Crippen LogP contribution in [0.4, 0.5) is 13.2 Å². The van der Waals surface area contributed by atoms with Crippen LogP contribution in [-0.2, 0) is 16.4 Å². The summed E-state index contributed by atoms with van der Waals surface area (Å²) >= 11 is 0. The van der Waals surface area contributed by atoms with Crippen LogP contribution in [0.25, 0.3) is 11.4 Å². The van der Waals surface area contributed by atoms with E-state index in [0.29, 0.717) is 30.8 Å². The zero-order chi connectivity index (χ0) is 16.7. The van der Waals surface area contributed by atoms with E-state index in [1.54, 1.807) is 0 Å². The summed E-state index contributed by atoms with van der Waals surface area (Å²) in [7, 11) is 0. The topological polar surface area (TPSA) is 68.0 Å². The summed E-state index contributed by atoms with van der Waals surface area (Å²) in [5.41, 5.74) is -0.756. The van der Waals surface area contributed by atoms with E-state index in [9.17, 15) is 18.0 Å². The molecule has 1 atom stereocenters. The first-order valence-corrected chi connectivity index (χ1v) is 7.06. The van der Waals surface area contributed by atoms with Crippen LogP contribution in [-0.4, -0.2) is 22.6 Å². The van der Waals surface area contributed by atoms with Gasteiger partial charge in [0.05, 0.1) is 11.0 Å². The number of hydrogen-bond donors (Lipinski definition) is 1. The van der Waals surface area contributed by atoms with Gasteiger partial charge in [0, 0.05) is 18.5 Å². The second-order valence-corrected chi connectivity index (χ2v) is 5.84. The fourth-order valence-electron chi connectivity index (χ4n) is 2.44. The molecule has 0 bridgehead atoms. The van der Waals surface area contributed by atoms with Gasteiger partial charge in [-0.3, -0.25) is 4.79 Å². The van der Waals surface area contributed by atoms with Crippen LogP contribution in [0.2, 0.25) is 0 Å². The Bertz CT molecular complexity index is 712. The number of carbonyl (C=O) groups excluding carboxylic acids is 1. The Kier molecular flexibility index (Phi) is 3.62. The van der Waals surface area contributed by atoms with Gasteiger partial charge in [-0.15, -0.1) is 0 Å². The lowest BCUT2D eigenvalue weighted by Gasteiger charge is -2.29. The Morgan fingerprint density at radius 1 is 1.26 bits per heavy atom. The highest BCUT2D eigenvalue weighted by Gasteiger charge is 2.37. The summed E-state index contributed by atoms with van der Waals surface area (Å²) < 4.78 is 43.0. The number of alkyl halides is 3. The number of aromatic nitrogens is 2. The monoisotopic (exact) mass is 325 g/mol. The van der Waals surface area contributed by atoms with Crippen molar-refractivity contribution in [3.8, 4) is 11.4 Å². The molecule has 2 aromatic rings. The third kappa shape index (κ3) is 3.06. The quantitative estimate of drug-likeness (QED) is 0.922. The van der Waals surface area contributed by atoms with Gasteiger partial charge in [-0.2, -0.15) is 18.2 Å². The first-order chi connectivity index (χ1) is 10.8. The number of piperidine rings is 1. The molecule has 8 heteroatoms. The van der Waals surface area contributed by atoms with E-state index in [1.807, 2.05) is 6.92 Å². The lowest BCUT2D eigenvalue weighted by atomic mass is 9.82. The Morgan fingerprint density at radius 3 is 2.52 bits per heavy atom. The highest BCUT2D eigenvalue weighted by Crippen LogP contribution is 2.33. The molecule has 122 valence electrons. The number of nitrogens with zero attached hydrogens (tertiary/aromatic N) is 2. The molecule has 1 saturated heterocycles. The summed E-state index contributed by atoms with van der Waals surface area (Å²) in [5, 5.41) is 6.59. The molecule has 1 aromatic heterocycles. The summed E-state index contributed by atoms with van der Waals surface area (Å²) in [6, 6.07) is 4.58. The van der Waals surface area contributed by atoms with Crippen molar-refractivity contribution in [3.63, 3.8) is 0 Å². The van der Waals surface area contributed by atoms with Crippen LogP contribution in [0.1, 0.15) is 31.2 Å². The maximum atomic E-state index is 12.6. The zero-order valence-electron chi connectivity index (χ0n) is 12.3. The molecule has 1 aliphatic rings. The van der Waals surface area contributed by atoms with E-state index in [1.165, 1.54) is 12.1 Å². The van der Waals surface area contributed by atoms with Gasteiger partial charge >= 0.3 is 6.18 Å². The first-order valence-electron chi connectivity index (χ1n) is 7.06. The van der Waals surface area contributed by atoms with E-state index in [-0.39, 0.29) is 11.7 Å². The molecule has 1 amide bonds. The minimum absolute atomic E-state index is 0.0232. The number of rotatable bonds is 2. The molecule has 5 nitrogen and oxygen atoms in total. The van der Waals surface area contributed by atoms with Gasteiger partial charge < -0.3 is 9.84 Å². The fourth-order valence-corrected chi connectivity index (χ4v) is 2.44. The van der Waals surface area contributed by atoms with Crippen LogP contribution in [0.5, 0.6) is 0 Å². The van der Waals surface area contributed by atoms with Gasteiger partial charge in [-0.05, 0) is 25.5 Å². The van der Waals surface area contributed by atoms with Gasteiger partial charge in [-0.1, -0.05) is 17.3 Å². The van der Waals surface area contributed by atoms with Gasteiger partial charge in [0.25, 0.3) is 0 Å². The van der Waals surface area contributed by atoms with Crippen LogP contribution >= 0.6 is 0 Å². The fraction of sp³-hybridized carbons (Fsp3) is 0.400. The van der Waals surface area contributed by atoms with E-state index in [2.05, 4.69) is 15.5 Å². The number of benzene rings is 1. The van der Waals surface area contributed by atoms with E-state index < -0.39 is 17.2 Å². The smallest absolute Gasteiger partial charge is 0.355 e. The SMILES string of the molecule is CC1(c2nc(-c3ccc(C(F)(F)F)cc3)no2)CCC(=O)NC1. The maximum absolute atomic E-state index is 12.6. The number of amides is 1. The van der Waals surface area contributed by atoms with Crippen molar-refractivity contribution in [2.75, 3.05) is 6.54 Å². The number of halogens is 3. The van der Waals surface area contributed by atoms with Gasteiger partial charge in [0.1, 0.15) is 0 Å².